The van der Waals surface area contributed by atoms with Gasteiger partial charge in [0.1, 0.15) is 0 Å². The second kappa shape index (κ2) is 6.85. The van der Waals surface area contributed by atoms with Crippen molar-refractivity contribution in [2.45, 2.75) is 38.5 Å². The van der Waals surface area contributed by atoms with Gasteiger partial charge < -0.3 is 4.74 Å². The van der Waals surface area contributed by atoms with Crippen molar-refractivity contribution in [1.82, 2.24) is 0 Å². The lowest BCUT2D eigenvalue weighted by atomic mass is 9.88. The van der Waals surface area contributed by atoms with E-state index in [2.05, 4.69) is 11.8 Å². The number of benzene rings is 1. The normalized spacial score (nSPS) is 16.5. The molecule has 0 aliphatic carbocycles. The van der Waals surface area contributed by atoms with Crippen LogP contribution in [0, 0.1) is 11.8 Å². The first-order valence-corrected chi connectivity index (χ1v) is 6.94. The zero-order chi connectivity index (χ0) is 15.2. The van der Waals surface area contributed by atoms with Crippen LogP contribution in [0.25, 0.3) is 0 Å². The van der Waals surface area contributed by atoms with Crippen LogP contribution in [-0.2, 0) is 14.3 Å². The largest absolute Gasteiger partial charge is 0.389 e. The summed E-state index contributed by atoms with van der Waals surface area (Å²) in [5.74, 6) is 3.70. The van der Waals surface area contributed by atoms with Gasteiger partial charge in [0.05, 0.1) is 11.5 Å². The van der Waals surface area contributed by atoms with Gasteiger partial charge in [-0.05, 0) is 30.4 Å². The van der Waals surface area contributed by atoms with E-state index in [9.17, 15) is 14.4 Å². The average Bonchev–Trinajstić information content (AvgIpc) is 2.45. The number of hydrogen-bond donors (Lipinski definition) is 0. The number of cyclic esters (lactones) is 2. The number of carbonyl (C=O) groups is 3. The van der Waals surface area contributed by atoms with Gasteiger partial charge in [0, 0.05) is 13.3 Å². The molecule has 1 heterocycles. The monoisotopic (exact) mass is 284 g/mol. The van der Waals surface area contributed by atoms with Gasteiger partial charge in [0.25, 0.3) is 0 Å². The van der Waals surface area contributed by atoms with Crippen molar-refractivity contribution in [3.63, 3.8) is 0 Å². The number of fused-ring (bicyclic) bond motifs is 1. The molecule has 4 heteroatoms. The molecule has 1 aliphatic rings. The van der Waals surface area contributed by atoms with Crippen LogP contribution in [0.15, 0.2) is 24.3 Å². The number of ether oxygens (including phenoxy) is 1. The highest BCUT2D eigenvalue weighted by Crippen LogP contribution is 2.31. The van der Waals surface area contributed by atoms with Gasteiger partial charge in [0.15, 0.2) is 0 Å². The van der Waals surface area contributed by atoms with Crippen molar-refractivity contribution in [3.05, 3.63) is 35.4 Å². The molecule has 1 aromatic carbocycles. The predicted molar refractivity (Wildman–Crippen MR) is 76.5 cm³/mol. The quantitative estimate of drug-likeness (QED) is 0.280. The molecule has 0 saturated carbocycles. The predicted octanol–water partition coefficient (Wildman–Crippen LogP) is 2.62. The Hall–Kier alpha value is -2.41. The van der Waals surface area contributed by atoms with Crippen LogP contribution in [-0.4, -0.2) is 17.7 Å². The summed E-state index contributed by atoms with van der Waals surface area (Å²) in [5, 5.41) is 0. The summed E-state index contributed by atoms with van der Waals surface area (Å²) in [7, 11) is 0. The van der Waals surface area contributed by atoms with E-state index in [1.54, 1.807) is 18.2 Å². The first-order chi connectivity index (χ1) is 10.1. The minimum atomic E-state index is -0.570. The van der Waals surface area contributed by atoms with E-state index in [4.69, 9.17) is 4.74 Å². The second-order valence-electron chi connectivity index (χ2n) is 4.95. The highest BCUT2D eigenvalue weighted by atomic mass is 16.6. The number of carbonyl (C=O) groups excluding carboxylic acids is 3. The van der Waals surface area contributed by atoms with E-state index in [-0.39, 0.29) is 11.7 Å². The van der Waals surface area contributed by atoms with Crippen LogP contribution in [0.4, 0.5) is 0 Å². The Morgan fingerprint density at radius 1 is 1.24 bits per heavy atom. The third kappa shape index (κ3) is 3.79. The topological polar surface area (TPSA) is 60.4 Å². The summed E-state index contributed by atoms with van der Waals surface area (Å²) >= 11 is 0. The molecule has 1 unspecified atom stereocenters. The van der Waals surface area contributed by atoms with Crippen molar-refractivity contribution in [3.8, 4) is 11.8 Å². The maximum absolute atomic E-state index is 11.9. The molecular weight excluding hydrogens is 268 g/mol. The lowest BCUT2D eigenvalue weighted by Gasteiger charge is -2.22. The molecule has 4 nitrogen and oxygen atoms in total. The molecule has 1 aliphatic heterocycles. The van der Waals surface area contributed by atoms with Crippen LogP contribution in [0.3, 0.4) is 0 Å². The summed E-state index contributed by atoms with van der Waals surface area (Å²) in [6.45, 7) is 1.43. The molecule has 108 valence electrons. The number of unbranched alkanes of at least 4 members (excludes halogenated alkanes) is 2. The number of rotatable bonds is 4. The van der Waals surface area contributed by atoms with Crippen molar-refractivity contribution in [1.29, 1.82) is 0 Å². The van der Waals surface area contributed by atoms with Gasteiger partial charge in [-0.1, -0.05) is 30.5 Å². The SMILES string of the molecule is CC(=O)C#CCCCCC1C(=O)OC(=O)c2ccccc21. The van der Waals surface area contributed by atoms with Crippen LogP contribution in [0.2, 0.25) is 0 Å². The van der Waals surface area contributed by atoms with Crippen LogP contribution >= 0.6 is 0 Å². The highest BCUT2D eigenvalue weighted by Gasteiger charge is 2.33. The maximum atomic E-state index is 11.9. The van der Waals surface area contributed by atoms with Crippen LogP contribution in [0.1, 0.15) is 54.4 Å². The smallest absolute Gasteiger partial charge is 0.346 e. The molecule has 0 bridgehead atoms. The van der Waals surface area contributed by atoms with Crippen molar-refractivity contribution in [2.75, 3.05) is 0 Å². The summed E-state index contributed by atoms with van der Waals surface area (Å²) < 4.78 is 4.78. The van der Waals surface area contributed by atoms with Gasteiger partial charge in [0.2, 0.25) is 5.78 Å². The Kier molecular flexibility index (Phi) is 4.89. The van der Waals surface area contributed by atoms with E-state index in [0.717, 1.165) is 18.4 Å². The fraction of sp³-hybridized carbons (Fsp3) is 0.353. The van der Waals surface area contributed by atoms with E-state index >= 15 is 0 Å². The third-order valence-corrected chi connectivity index (χ3v) is 3.34. The van der Waals surface area contributed by atoms with Crippen molar-refractivity contribution >= 4 is 17.7 Å². The zero-order valence-corrected chi connectivity index (χ0v) is 11.8. The Morgan fingerprint density at radius 2 is 2.00 bits per heavy atom. The molecule has 0 amide bonds. The van der Waals surface area contributed by atoms with Crippen LogP contribution in [0.5, 0.6) is 0 Å². The Morgan fingerprint density at radius 3 is 2.76 bits per heavy atom. The highest BCUT2D eigenvalue weighted by molar-refractivity contribution is 6.04. The molecule has 1 atom stereocenters. The lowest BCUT2D eigenvalue weighted by Crippen LogP contribution is -2.27. The van der Waals surface area contributed by atoms with Gasteiger partial charge in [-0.25, -0.2) is 4.79 Å². The molecule has 0 aromatic heterocycles. The van der Waals surface area contributed by atoms with Crippen LogP contribution < -0.4 is 0 Å². The summed E-state index contributed by atoms with van der Waals surface area (Å²) in [4.78, 5) is 34.2. The molecule has 0 spiro atoms. The number of Topliss-reactive ketones (excluding diaryl/α,β-unsaturated/α-hetero) is 1. The van der Waals surface area contributed by atoms with E-state index < -0.39 is 11.9 Å². The van der Waals surface area contributed by atoms with Gasteiger partial charge in [-0.2, -0.15) is 0 Å². The lowest BCUT2D eigenvalue weighted by molar-refractivity contribution is -0.140. The Labute approximate surface area is 123 Å². The summed E-state index contributed by atoms with van der Waals surface area (Å²) in [6.07, 6.45) is 2.84. The fourth-order valence-electron chi connectivity index (χ4n) is 2.35. The third-order valence-electron chi connectivity index (χ3n) is 3.34. The fourth-order valence-corrected chi connectivity index (χ4v) is 2.35. The summed E-state index contributed by atoms with van der Waals surface area (Å²) in [5.41, 5.74) is 1.21. The second-order valence-corrected chi connectivity index (χ2v) is 4.95. The van der Waals surface area contributed by atoms with Crippen molar-refractivity contribution in [2.24, 2.45) is 0 Å². The van der Waals surface area contributed by atoms with Gasteiger partial charge >= 0.3 is 11.9 Å². The zero-order valence-electron chi connectivity index (χ0n) is 11.8. The van der Waals surface area contributed by atoms with E-state index in [1.807, 2.05) is 6.07 Å². The maximum Gasteiger partial charge on any atom is 0.346 e. The number of esters is 2. The molecule has 0 radical (unpaired) electrons. The minimum absolute atomic E-state index is 0.140. The van der Waals surface area contributed by atoms with Crippen molar-refractivity contribution < 1.29 is 19.1 Å². The first kappa shape index (κ1) is 15.0. The standard InChI is InChI=1S/C17H16O4/c1-12(18)8-4-2-3-5-10-14-13-9-6-7-11-15(13)17(20)21-16(14)19/h6-7,9,11,14H,2-3,5,10H2,1H3. The average molecular weight is 284 g/mol. The molecule has 2 rings (SSSR count). The first-order valence-electron chi connectivity index (χ1n) is 6.94. The Bertz CT molecular complexity index is 634. The molecule has 0 fully saturated rings. The van der Waals surface area contributed by atoms with E-state index in [0.29, 0.717) is 18.4 Å². The number of hydrogen-bond acceptors (Lipinski definition) is 4. The van der Waals surface area contributed by atoms with Gasteiger partial charge in [-0.15, -0.1) is 0 Å². The molecule has 0 saturated heterocycles. The van der Waals surface area contributed by atoms with E-state index in [1.165, 1.54) is 6.92 Å². The molecule has 21 heavy (non-hydrogen) atoms. The number of ketones is 1. The molecular formula is C17H16O4. The minimum Gasteiger partial charge on any atom is -0.389 e. The Balaban J connectivity index is 1.96. The molecule has 0 N–H and O–H groups in total. The summed E-state index contributed by atoms with van der Waals surface area (Å²) in [6, 6.07) is 7.05. The molecule has 1 aromatic rings. The van der Waals surface area contributed by atoms with Gasteiger partial charge in [-0.3, -0.25) is 9.59 Å².